The number of benzene rings is 1. The molecule has 13 nitrogen and oxygen atoms in total. The van der Waals surface area contributed by atoms with E-state index in [2.05, 4.69) is 0 Å². The summed E-state index contributed by atoms with van der Waals surface area (Å²) in [6.45, 7) is 2.56. The Morgan fingerprint density at radius 1 is 1.00 bits per heavy atom. The average molecular weight is 682 g/mol. The van der Waals surface area contributed by atoms with Gasteiger partial charge in [-0.15, -0.1) is 23.2 Å². The Balaban J connectivity index is 0.00000800. The van der Waals surface area contributed by atoms with E-state index in [1.54, 1.807) is 17.0 Å². The second kappa shape index (κ2) is 18.3. The summed E-state index contributed by atoms with van der Waals surface area (Å²) in [5, 5.41) is 6.56. The maximum atomic E-state index is 12.9. The second-order valence-corrected chi connectivity index (χ2v) is 14.3. The number of rotatable bonds is 15. The first-order chi connectivity index (χ1) is 18.1. The summed E-state index contributed by atoms with van der Waals surface area (Å²) in [5.41, 5.74) is 7.76. The molecule has 0 bridgehead atoms. The Morgan fingerprint density at radius 2 is 1.49 bits per heavy atom. The predicted octanol–water partition coefficient (Wildman–Crippen LogP) is -0.873. The zero-order valence-corrected chi connectivity index (χ0v) is 24.7. The van der Waals surface area contributed by atoms with Gasteiger partial charge in [-0.25, -0.2) is 9.28 Å². The van der Waals surface area contributed by atoms with E-state index in [0.29, 0.717) is 39.3 Å². The molecular weight excluding hydrogens is 643 g/mol. The molecule has 1 saturated heterocycles. The van der Waals surface area contributed by atoms with Crippen LogP contribution in [-0.4, -0.2) is 175 Å². The molecule has 0 saturated carbocycles. The molecule has 1 fully saturated rings. The van der Waals surface area contributed by atoms with Crippen molar-refractivity contribution in [1.82, 2.24) is 14.3 Å². The summed E-state index contributed by atoms with van der Waals surface area (Å²) >= 11 is 11.8. The summed E-state index contributed by atoms with van der Waals surface area (Å²) in [4.78, 5) is 65.2. The van der Waals surface area contributed by atoms with Crippen LogP contribution in [-0.2, 0) is 25.1 Å². The van der Waals surface area contributed by atoms with Crippen molar-refractivity contribution in [1.29, 1.82) is 0 Å². The Labute approximate surface area is 294 Å². The van der Waals surface area contributed by atoms with E-state index in [4.69, 9.17) is 28.9 Å². The SMILES string of the molecule is N[C@@H](Cc1ccc([N+](C=O)(CCCl)CCCl)cc1)C(=O)N1CCN(CCCC(O)(P(=O)(O)O)P(=O)(O)O)CC1.[NaH].[NaH]. The van der Waals surface area contributed by atoms with E-state index in [9.17, 15) is 43.4 Å². The molecule has 1 aliphatic heterocycles. The number of carbonyl (C=O) groups is 2. The first kappa shape index (κ1) is 42.1. The third-order valence-corrected chi connectivity index (χ3v) is 11.2. The van der Waals surface area contributed by atoms with Crippen molar-refractivity contribution in [3.63, 3.8) is 0 Å². The molecule has 226 valence electrons. The van der Waals surface area contributed by atoms with Gasteiger partial charge in [-0.1, -0.05) is 12.1 Å². The Kier molecular flexibility index (Phi) is 18.8. The van der Waals surface area contributed by atoms with Gasteiger partial charge in [0.15, 0.2) is 0 Å². The summed E-state index contributed by atoms with van der Waals surface area (Å²) in [7, 11) is -11.0. The van der Waals surface area contributed by atoms with E-state index in [0.717, 1.165) is 17.7 Å². The molecule has 1 aliphatic rings. The Morgan fingerprint density at radius 3 is 1.90 bits per heavy atom. The average Bonchev–Trinajstić information content (AvgIpc) is 2.87. The van der Waals surface area contributed by atoms with Gasteiger partial charge < -0.3 is 35.3 Å². The summed E-state index contributed by atoms with van der Waals surface area (Å²) < 4.78 is 23.0. The van der Waals surface area contributed by atoms with Crippen LogP contribution in [0.15, 0.2) is 24.3 Å². The van der Waals surface area contributed by atoms with Crippen molar-refractivity contribution >= 4 is 116 Å². The number of quaternary nitrogens is 1. The van der Waals surface area contributed by atoms with E-state index >= 15 is 0 Å². The first-order valence-corrected chi connectivity index (χ1v) is 16.6. The molecule has 1 atom stereocenters. The van der Waals surface area contributed by atoms with Crippen LogP contribution in [0, 0.1) is 0 Å². The van der Waals surface area contributed by atoms with Crippen LogP contribution < -0.4 is 10.2 Å². The fraction of sp³-hybridized carbons (Fsp3) is 0.636. The van der Waals surface area contributed by atoms with Crippen molar-refractivity contribution in [3.8, 4) is 0 Å². The van der Waals surface area contributed by atoms with Crippen LogP contribution in [0.1, 0.15) is 18.4 Å². The van der Waals surface area contributed by atoms with E-state index in [1.807, 2.05) is 17.0 Å². The number of alkyl halides is 2. The van der Waals surface area contributed by atoms with Gasteiger partial charge in [0.05, 0.1) is 17.8 Å². The van der Waals surface area contributed by atoms with Gasteiger partial charge in [0.1, 0.15) is 18.8 Å². The number of amides is 2. The van der Waals surface area contributed by atoms with Gasteiger partial charge in [0, 0.05) is 32.6 Å². The molecule has 7 N–H and O–H groups in total. The zero-order valence-electron chi connectivity index (χ0n) is 21.4. The maximum absolute atomic E-state index is 12.9. The van der Waals surface area contributed by atoms with Gasteiger partial charge in [-0.3, -0.25) is 18.8 Å². The molecule has 0 spiro atoms. The normalized spacial score (nSPS) is 16.0. The number of nitrogens with zero attached hydrogens (tertiary/aromatic N) is 3. The number of carbonyl (C=O) groups excluding carboxylic acids is 2. The van der Waals surface area contributed by atoms with Crippen LogP contribution in [0.5, 0.6) is 0 Å². The van der Waals surface area contributed by atoms with Gasteiger partial charge in [0.25, 0.3) is 5.08 Å². The van der Waals surface area contributed by atoms with E-state index in [-0.39, 0.29) is 101 Å². The molecule has 41 heavy (non-hydrogen) atoms. The summed E-state index contributed by atoms with van der Waals surface area (Å²) in [6.07, 6.45) is 0.254. The zero-order chi connectivity index (χ0) is 29.5. The van der Waals surface area contributed by atoms with Gasteiger partial charge in [-0.2, -0.15) is 0 Å². The molecule has 1 aromatic carbocycles. The van der Waals surface area contributed by atoms with Crippen LogP contribution in [0.2, 0.25) is 0 Å². The van der Waals surface area contributed by atoms with Gasteiger partial charge >= 0.3 is 80.7 Å². The van der Waals surface area contributed by atoms with Crippen LogP contribution in [0.3, 0.4) is 0 Å². The number of hydrogen-bond acceptors (Lipinski definition) is 7. The molecule has 0 radical (unpaired) electrons. The predicted molar refractivity (Wildman–Crippen MR) is 163 cm³/mol. The van der Waals surface area contributed by atoms with Crippen LogP contribution in [0.25, 0.3) is 0 Å². The molecule has 0 aromatic heterocycles. The monoisotopic (exact) mass is 681 g/mol. The minimum atomic E-state index is -5.48. The molecule has 0 unspecified atom stereocenters. The number of piperazine rings is 1. The number of halogens is 2. The van der Waals surface area contributed by atoms with Crippen molar-refractivity contribution in [2.75, 3.05) is 57.6 Å². The number of hydrogen-bond donors (Lipinski definition) is 6. The quantitative estimate of drug-likeness (QED) is 0.0442. The third-order valence-electron chi connectivity index (χ3n) is 7.00. The van der Waals surface area contributed by atoms with E-state index in [1.165, 1.54) is 0 Å². The second-order valence-electron chi connectivity index (χ2n) is 9.57. The fourth-order valence-corrected chi connectivity index (χ4v) is 7.39. The third kappa shape index (κ3) is 11.1. The topological polar surface area (TPSA) is 202 Å². The molecule has 1 heterocycles. The minimum absolute atomic E-state index is 0. The first-order valence-electron chi connectivity index (χ1n) is 12.3. The number of nitrogens with two attached hydrogens (primary N) is 1. The van der Waals surface area contributed by atoms with Gasteiger partial charge in [-0.05, 0) is 37.1 Å². The van der Waals surface area contributed by atoms with Crippen LogP contribution in [0.4, 0.5) is 5.69 Å². The Bertz CT molecular complexity index is 1050. The molecule has 1 aromatic rings. The van der Waals surface area contributed by atoms with Crippen molar-refractivity contribution in [2.45, 2.75) is 30.4 Å². The number of aliphatic hydroxyl groups is 1. The van der Waals surface area contributed by atoms with Crippen molar-refractivity contribution < 1.29 is 43.4 Å². The van der Waals surface area contributed by atoms with Crippen molar-refractivity contribution in [2.24, 2.45) is 5.73 Å². The fourth-order valence-electron chi connectivity index (χ4n) is 4.54. The summed E-state index contributed by atoms with van der Waals surface area (Å²) in [5.74, 6) is 0.332. The molecule has 2 amide bonds. The molecule has 2 rings (SSSR count). The Hall–Kier alpha value is 1.08. The molecular formula is C22H39Cl2N4Na2O9P2+. The van der Waals surface area contributed by atoms with E-state index < -0.39 is 32.7 Å². The van der Waals surface area contributed by atoms with Crippen molar-refractivity contribution in [3.05, 3.63) is 29.8 Å². The standard InChI is InChI=1S/C22H36Cl2N4O9P2.2Na.2H/c23-7-14-28(17-29,15-8-24)19-4-2-18(3-5-19)16-20(25)21(30)27-12-10-26(11-13-27)9-1-6-22(31,38(32,33)34)39(35,36)37;;;;/h2-5,17,20,31H,1,6-16,25H2,(H3-,32,33,34,35,36,37);;;;/p+1/t20-;;;;/m0..../s1. The summed E-state index contributed by atoms with van der Waals surface area (Å²) in [6, 6.07) is 6.45. The molecule has 19 heteroatoms. The van der Waals surface area contributed by atoms with Gasteiger partial charge in [0.2, 0.25) is 5.91 Å². The molecule has 0 aliphatic carbocycles. The van der Waals surface area contributed by atoms with Crippen LogP contribution >= 0.6 is 38.4 Å².